The van der Waals surface area contributed by atoms with E-state index in [-0.39, 0.29) is 0 Å². The second kappa shape index (κ2) is 6.51. The fourth-order valence-electron chi connectivity index (χ4n) is 1.21. The van der Waals surface area contributed by atoms with E-state index < -0.39 is 29.8 Å². The Labute approximate surface area is 117 Å². The zero-order valence-electron chi connectivity index (χ0n) is 10.3. The summed E-state index contributed by atoms with van der Waals surface area (Å²) in [6.45, 7) is 2.82. The van der Waals surface area contributed by atoms with Crippen molar-refractivity contribution in [3.05, 3.63) is 28.5 Å². The molecule has 0 fully saturated rings. The smallest absolute Gasteiger partial charge is 0.325 e. The highest BCUT2D eigenvalue weighted by atomic mass is 79.9. The number of aliphatic carboxylic acids is 1. The van der Waals surface area contributed by atoms with Crippen LogP contribution in [-0.4, -0.2) is 29.1 Å². The zero-order valence-corrected chi connectivity index (χ0v) is 11.9. The number of nitrogens with one attached hydrogen (secondary N) is 1. The standard InChI is InChI=1S/C12H13BrFNO4/c1-6(12(17)18)15-11(16)7(2)19-10-4-3-8(14)5-9(10)13/h3-7H,1-2H3,(H,15,16)(H,17,18). The number of rotatable bonds is 5. The van der Waals surface area contributed by atoms with Crippen LogP contribution < -0.4 is 10.1 Å². The average Bonchev–Trinajstić information content (AvgIpc) is 2.32. The third kappa shape index (κ3) is 4.51. The van der Waals surface area contributed by atoms with Crippen molar-refractivity contribution >= 4 is 27.8 Å². The lowest BCUT2D eigenvalue weighted by Crippen LogP contribution is -2.44. The molecule has 0 saturated heterocycles. The van der Waals surface area contributed by atoms with Crippen molar-refractivity contribution < 1.29 is 23.8 Å². The van der Waals surface area contributed by atoms with Crippen LogP contribution in [0, 0.1) is 5.82 Å². The summed E-state index contributed by atoms with van der Waals surface area (Å²) < 4.78 is 18.6. The van der Waals surface area contributed by atoms with E-state index in [1.165, 1.54) is 32.0 Å². The molecular weight excluding hydrogens is 321 g/mol. The number of hydrogen-bond donors (Lipinski definition) is 2. The SMILES string of the molecule is CC(NC(=O)C(C)Oc1ccc(F)cc1Br)C(=O)O. The Balaban J connectivity index is 2.66. The molecule has 0 aromatic heterocycles. The van der Waals surface area contributed by atoms with Gasteiger partial charge >= 0.3 is 5.97 Å². The van der Waals surface area contributed by atoms with Gasteiger partial charge in [-0.05, 0) is 48.0 Å². The van der Waals surface area contributed by atoms with Crippen molar-refractivity contribution in [3.63, 3.8) is 0 Å². The lowest BCUT2D eigenvalue weighted by atomic mass is 10.3. The highest BCUT2D eigenvalue weighted by molar-refractivity contribution is 9.10. The molecule has 2 N–H and O–H groups in total. The molecule has 0 spiro atoms. The minimum atomic E-state index is -1.14. The van der Waals surface area contributed by atoms with Gasteiger partial charge in [-0.1, -0.05) is 0 Å². The maximum atomic E-state index is 12.9. The van der Waals surface area contributed by atoms with Crippen LogP contribution in [0.4, 0.5) is 4.39 Å². The number of carboxylic acid groups (broad SMARTS) is 1. The largest absolute Gasteiger partial charge is 0.480 e. The topological polar surface area (TPSA) is 75.6 Å². The number of hydrogen-bond acceptors (Lipinski definition) is 3. The molecule has 0 aliphatic heterocycles. The van der Waals surface area contributed by atoms with Crippen molar-refractivity contribution in [2.24, 2.45) is 0 Å². The summed E-state index contributed by atoms with van der Waals surface area (Å²) in [5.41, 5.74) is 0. The Morgan fingerprint density at radius 3 is 2.58 bits per heavy atom. The number of carboxylic acids is 1. The minimum absolute atomic E-state index is 0.298. The van der Waals surface area contributed by atoms with Crippen LogP contribution in [0.25, 0.3) is 0 Å². The highest BCUT2D eigenvalue weighted by Crippen LogP contribution is 2.26. The van der Waals surface area contributed by atoms with Crippen LogP contribution >= 0.6 is 15.9 Å². The van der Waals surface area contributed by atoms with Crippen molar-refractivity contribution in [2.75, 3.05) is 0 Å². The van der Waals surface area contributed by atoms with Crippen LogP contribution in [0.15, 0.2) is 22.7 Å². The number of benzene rings is 1. The summed E-state index contributed by atoms with van der Waals surface area (Å²) in [5, 5.41) is 10.9. The van der Waals surface area contributed by atoms with Crippen molar-refractivity contribution in [1.29, 1.82) is 0 Å². The van der Waals surface area contributed by atoms with Crippen molar-refractivity contribution in [2.45, 2.75) is 26.0 Å². The summed E-state index contributed by atoms with van der Waals surface area (Å²) in [6, 6.07) is 2.78. The van der Waals surface area contributed by atoms with Gasteiger partial charge in [-0.15, -0.1) is 0 Å². The summed E-state index contributed by atoms with van der Waals surface area (Å²) >= 11 is 3.11. The maximum absolute atomic E-state index is 12.9. The van der Waals surface area contributed by atoms with Crippen LogP contribution in [0.5, 0.6) is 5.75 Å². The van der Waals surface area contributed by atoms with Gasteiger partial charge in [0.25, 0.3) is 5.91 Å². The number of carbonyl (C=O) groups excluding carboxylic acids is 1. The van der Waals surface area contributed by atoms with Crippen molar-refractivity contribution in [3.8, 4) is 5.75 Å². The molecule has 104 valence electrons. The molecule has 0 radical (unpaired) electrons. The van der Waals surface area contributed by atoms with E-state index in [9.17, 15) is 14.0 Å². The lowest BCUT2D eigenvalue weighted by molar-refractivity contribution is -0.142. The van der Waals surface area contributed by atoms with E-state index >= 15 is 0 Å². The van der Waals surface area contributed by atoms with Gasteiger partial charge in [0.1, 0.15) is 17.6 Å². The van der Waals surface area contributed by atoms with Gasteiger partial charge < -0.3 is 15.2 Å². The molecule has 5 nitrogen and oxygen atoms in total. The quantitative estimate of drug-likeness (QED) is 0.863. The Bertz CT molecular complexity index is 495. The number of amides is 1. The second-order valence-electron chi connectivity index (χ2n) is 3.90. The normalized spacial score (nSPS) is 13.5. The molecule has 0 aliphatic rings. The van der Waals surface area contributed by atoms with Gasteiger partial charge in [0.05, 0.1) is 4.47 Å². The summed E-state index contributed by atoms with van der Waals surface area (Å²) in [7, 11) is 0. The first kappa shape index (κ1) is 15.4. The third-order valence-electron chi connectivity index (χ3n) is 2.30. The fourth-order valence-corrected chi connectivity index (χ4v) is 1.65. The lowest BCUT2D eigenvalue weighted by Gasteiger charge is -2.17. The van der Waals surface area contributed by atoms with E-state index in [4.69, 9.17) is 9.84 Å². The molecule has 0 aliphatic carbocycles. The maximum Gasteiger partial charge on any atom is 0.325 e. The first-order valence-corrected chi connectivity index (χ1v) is 6.25. The number of halogens is 2. The van der Waals surface area contributed by atoms with E-state index in [0.717, 1.165) is 0 Å². The van der Waals surface area contributed by atoms with Crippen molar-refractivity contribution in [1.82, 2.24) is 5.32 Å². The van der Waals surface area contributed by atoms with E-state index in [0.29, 0.717) is 10.2 Å². The average molecular weight is 334 g/mol. The van der Waals surface area contributed by atoms with Gasteiger partial charge in [0.2, 0.25) is 0 Å². The van der Waals surface area contributed by atoms with Gasteiger partial charge in [0.15, 0.2) is 6.10 Å². The number of carbonyl (C=O) groups is 2. The minimum Gasteiger partial charge on any atom is -0.480 e. The van der Waals surface area contributed by atoms with Crippen LogP contribution in [-0.2, 0) is 9.59 Å². The summed E-state index contributed by atoms with van der Waals surface area (Å²) in [4.78, 5) is 22.3. The van der Waals surface area contributed by atoms with Gasteiger partial charge in [-0.25, -0.2) is 4.39 Å². The molecule has 1 aromatic rings. The number of ether oxygens (including phenoxy) is 1. The molecule has 0 bridgehead atoms. The van der Waals surface area contributed by atoms with E-state index in [1.807, 2.05) is 0 Å². The molecule has 0 saturated carbocycles. The second-order valence-corrected chi connectivity index (χ2v) is 4.76. The van der Waals surface area contributed by atoms with Crippen LogP contribution in [0.1, 0.15) is 13.8 Å². The first-order chi connectivity index (χ1) is 8.81. The molecule has 2 unspecified atom stereocenters. The predicted molar refractivity (Wildman–Crippen MR) is 69.4 cm³/mol. The molecule has 1 aromatic carbocycles. The molecule has 0 heterocycles. The van der Waals surface area contributed by atoms with Crippen LogP contribution in [0.3, 0.4) is 0 Å². The molecule has 7 heteroatoms. The molecular formula is C12H13BrFNO4. The zero-order chi connectivity index (χ0) is 14.6. The first-order valence-electron chi connectivity index (χ1n) is 5.46. The van der Waals surface area contributed by atoms with E-state index in [1.54, 1.807) is 0 Å². The summed E-state index contributed by atoms with van der Waals surface area (Å²) in [5.74, 6) is -1.84. The Morgan fingerprint density at radius 1 is 1.42 bits per heavy atom. The highest BCUT2D eigenvalue weighted by Gasteiger charge is 2.20. The fraction of sp³-hybridized carbons (Fsp3) is 0.333. The third-order valence-corrected chi connectivity index (χ3v) is 2.92. The Kier molecular flexibility index (Phi) is 5.29. The molecule has 19 heavy (non-hydrogen) atoms. The molecule has 1 amide bonds. The Hall–Kier alpha value is -1.63. The predicted octanol–water partition coefficient (Wildman–Crippen LogP) is 1.94. The van der Waals surface area contributed by atoms with Gasteiger partial charge in [-0.2, -0.15) is 0 Å². The molecule has 2 atom stereocenters. The Morgan fingerprint density at radius 2 is 2.05 bits per heavy atom. The molecule has 1 rings (SSSR count). The van der Waals surface area contributed by atoms with Gasteiger partial charge in [-0.3, -0.25) is 9.59 Å². The van der Waals surface area contributed by atoms with E-state index in [2.05, 4.69) is 21.2 Å². The van der Waals surface area contributed by atoms with Gasteiger partial charge in [0, 0.05) is 0 Å². The monoisotopic (exact) mass is 333 g/mol. The summed E-state index contributed by atoms with van der Waals surface area (Å²) in [6.07, 6.45) is -0.899. The van der Waals surface area contributed by atoms with Crippen LogP contribution in [0.2, 0.25) is 0 Å².